The first-order chi connectivity index (χ1) is 9.06. The standard InChI is InChI=1S/C17H28N2/c1-5-15-6-7-19(11-15)16(10-18)17-13(3)8-12(2)9-14(17)4/h8-9,15-16H,5-7,10-11,18H2,1-4H3. The molecule has 0 aliphatic carbocycles. The van der Waals surface area contributed by atoms with Gasteiger partial charge in [0.25, 0.3) is 0 Å². The molecule has 2 atom stereocenters. The lowest BCUT2D eigenvalue weighted by Crippen LogP contribution is -2.33. The summed E-state index contributed by atoms with van der Waals surface area (Å²) in [4.78, 5) is 2.60. The summed E-state index contributed by atoms with van der Waals surface area (Å²) in [6, 6.07) is 4.98. The van der Waals surface area contributed by atoms with E-state index in [9.17, 15) is 0 Å². The molecule has 106 valence electrons. The summed E-state index contributed by atoms with van der Waals surface area (Å²) >= 11 is 0. The van der Waals surface area contributed by atoms with Crippen molar-refractivity contribution in [1.29, 1.82) is 0 Å². The zero-order chi connectivity index (χ0) is 14.0. The van der Waals surface area contributed by atoms with E-state index in [0.717, 1.165) is 12.5 Å². The Morgan fingerprint density at radius 3 is 2.37 bits per heavy atom. The SMILES string of the molecule is CCC1CCN(C(CN)c2c(C)cc(C)cc2C)C1. The van der Waals surface area contributed by atoms with Crippen LogP contribution in [0.25, 0.3) is 0 Å². The van der Waals surface area contributed by atoms with Gasteiger partial charge in [-0.1, -0.05) is 31.0 Å². The fourth-order valence-corrected chi connectivity index (χ4v) is 3.65. The molecule has 2 nitrogen and oxygen atoms in total. The smallest absolute Gasteiger partial charge is 0.0475 e. The molecule has 2 heteroatoms. The Bertz CT molecular complexity index is 416. The fourth-order valence-electron chi connectivity index (χ4n) is 3.65. The quantitative estimate of drug-likeness (QED) is 0.899. The molecule has 1 saturated heterocycles. The van der Waals surface area contributed by atoms with E-state index in [2.05, 4.69) is 44.7 Å². The first-order valence-corrected chi connectivity index (χ1v) is 7.58. The predicted octanol–water partition coefficient (Wildman–Crippen LogP) is 3.34. The summed E-state index contributed by atoms with van der Waals surface area (Å²) in [5.74, 6) is 0.861. The van der Waals surface area contributed by atoms with Gasteiger partial charge >= 0.3 is 0 Å². The van der Waals surface area contributed by atoms with Gasteiger partial charge < -0.3 is 5.73 Å². The third-order valence-electron chi connectivity index (χ3n) is 4.63. The Morgan fingerprint density at radius 2 is 1.89 bits per heavy atom. The van der Waals surface area contributed by atoms with E-state index < -0.39 is 0 Å². The first-order valence-electron chi connectivity index (χ1n) is 7.58. The third kappa shape index (κ3) is 3.01. The fraction of sp³-hybridized carbons (Fsp3) is 0.647. The summed E-state index contributed by atoms with van der Waals surface area (Å²) in [6.45, 7) is 12.1. The summed E-state index contributed by atoms with van der Waals surface area (Å²) in [5.41, 5.74) is 11.7. The number of benzene rings is 1. The Balaban J connectivity index is 2.28. The van der Waals surface area contributed by atoms with E-state index in [0.29, 0.717) is 6.04 Å². The minimum absolute atomic E-state index is 0.400. The second kappa shape index (κ2) is 6.06. The molecule has 2 rings (SSSR count). The van der Waals surface area contributed by atoms with Gasteiger partial charge in [0.1, 0.15) is 0 Å². The van der Waals surface area contributed by atoms with Gasteiger partial charge in [-0.15, -0.1) is 0 Å². The van der Waals surface area contributed by atoms with Gasteiger partial charge in [-0.2, -0.15) is 0 Å². The third-order valence-corrected chi connectivity index (χ3v) is 4.63. The molecular weight excluding hydrogens is 232 g/mol. The second-order valence-corrected chi connectivity index (χ2v) is 6.12. The van der Waals surface area contributed by atoms with Crippen LogP contribution in [0.1, 0.15) is 48.1 Å². The normalized spacial score (nSPS) is 21.8. The van der Waals surface area contributed by atoms with Crippen LogP contribution in [0.5, 0.6) is 0 Å². The van der Waals surface area contributed by atoms with E-state index in [4.69, 9.17) is 5.73 Å². The maximum Gasteiger partial charge on any atom is 0.0475 e. The molecule has 19 heavy (non-hydrogen) atoms. The summed E-state index contributed by atoms with van der Waals surface area (Å²) in [7, 11) is 0. The van der Waals surface area contributed by atoms with Crippen molar-refractivity contribution in [2.45, 2.75) is 46.6 Å². The maximum atomic E-state index is 6.11. The Morgan fingerprint density at radius 1 is 1.26 bits per heavy atom. The van der Waals surface area contributed by atoms with Crippen molar-refractivity contribution in [2.24, 2.45) is 11.7 Å². The molecule has 2 N–H and O–H groups in total. The van der Waals surface area contributed by atoms with Crippen molar-refractivity contribution in [3.8, 4) is 0 Å². The van der Waals surface area contributed by atoms with Crippen LogP contribution in [0.4, 0.5) is 0 Å². The summed E-state index contributed by atoms with van der Waals surface area (Å²) < 4.78 is 0. The van der Waals surface area contributed by atoms with Gasteiger partial charge in [-0.25, -0.2) is 0 Å². The van der Waals surface area contributed by atoms with Crippen molar-refractivity contribution in [3.63, 3.8) is 0 Å². The van der Waals surface area contributed by atoms with E-state index in [-0.39, 0.29) is 0 Å². The van der Waals surface area contributed by atoms with Crippen LogP contribution >= 0.6 is 0 Å². The molecule has 1 aliphatic rings. The molecule has 0 aromatic heterocycles. The van der Waals surface area contributed by atoms with Gasteiger partial charge in [-0.3, -0.25) is 4.90 Å². The number of aryl methyl sites for hydroxylation is 3. The Hall–Kier alpha value is -0.860. The number of likely N-dealkylation sites (tertiary alicyclic amines) is 1. The molecule has 1 aromatic rings. The zero-order valence-electron chi connectivity index (χ0n) is 12.9. The minimum Gasteiger partial charge on any atom is -0.329 e. The molecule has 0 spiro atoms. The Labute approximate surface area is 118 Å². The lowest BCUT2D eigenvalue weighted by atomic mass is 9.93. The Kier molecular flexibility index (Phi) is 4.64. The molecule has 1 heterocycles. The number of nitrogens with zero attached hydrogens (tertiary/aromatic N) is 1. The van der Waals surface area contributed by atoms with Gasteiger partial charge in [0.15, 0.2) is 0 Å². The monoisotopic (exact) mass is 260 g/mol. The van der Waals surface area contributed by atoms with Crippen LogP contribution in [-0.4, -0.2) is 24.5 Å². The summed E-state index contributed by atoms with van der Waals surface area (Å²) in [6.07, 6.45) is 2.62. The molecular formula is C17H28N2. The van der Waals surface area contributed by atoms with Crippen LogP contribution < -0.4 is 5.73 Å². The first kappa shape index (κ1) is 14.5. The molecule has 0 saturated carbocycles. The minimum atomic E-state index is 0.400. The van der Waals surface area contributed by atoms with Crippen LogP contribution in [-0.2, 0) is 0 Å². The maximum absolute atomic E-state index is 6.11. The van der Waals surface area contributed by atoms with E-state index in [1.165, 1.54) is 48.2 Å². The number of rotatable bonds is 4. The van der Waals surface area contributed by atoms with Crippen molar-refractivity contribution in [1.82, 2.24) is 4.90 Å². The summed E-state index contributed by atoms with van der Waals surface area (Å²) in [5, 5.41) is 0. The zero-order valence-corrected chi connectivity index (χ0v) is 12.9. The largest absolute Gasteiger partial charge is 0.329 e. The van der Waals surface area contributed by atoms with Crippen molar-refractivity contribution >= 4 is 0 Å². The highest BCUT2D eigenvalue weighted by atomic mass is 15.2. The van der Waals surface area contributed by atoms with Crippen molar-refractivity contribution < 1.29 is 0 Å². The highest BCUT2D eigenvalue weighted by Crippen LogP contribution is 2.32. The van der Waals surface area contributed by atoms with Crippen LogP contribution in [0, 0.1) is 26.7 Å². The van der Waals surface area contributed by atoms with Gasteiger partial charge in [0.05, 0.1) is 0 Å². The number of hydrogen-bond acceptors (Lipinski definition) is 2. The van der Waals surface area contributed by atoms with Gasteiger partial charge in [0, 0.05) is 19.1 Å². The number of hydrogen-bond donors (Lipinski definition) is 1. The van der Waals surface area contributed by atoms with Crippen LogP contribution in [0.15, 0.2) is 12.1 Å². The predicted molar refractivity (Wildman–Crippen MR) is 82.4 cm³/mol. The topological polar surface area (TPSA) is 29.3 Å². The lowest BCUT2D eigenvalue weighted by molar-refractivity contribution is 0.239. The molecule has 0 amide bonds. The molecule has 0 bridgehead atoms. The lowest BCUT2D eigenvalue weighted by Gasteiger charge is -2.30. The average molecular weight is 260 g/mol. The highest BCUT2D eigenvalue weighted by molar-refractivity contribution is 5.40. The van der Waals surface area contributed by atoms with Crippen molar-refractivity contribution in [2.75, 3.05) is 19.6 Å². The molecule has 2 unspecified atom stereocenters. The highest BCUT2D eigenvalue weighted by Gasteiger charge is 2.29. The molecule has 1 aromatic carbocycles. The molecule has 1 aliphatic heterocycles. The number of nitrogens with two attached hydrogens (primary N) is 1. The molecule has 0 radical (unpaired) electrons. The van der Waals surface area contributed by atoms with Crippen molar-refractivity contribution in [3.05, 3.63) is 34.4 Å². The van der Waals surface area contributed by atoms with E-state index >= 15 is 0 Å². The average Bonchev–Trinajstić information content (AvgIpc) is 2.81. The molecule has 1 fully saturated rings. The van der Waals surface area contributed by atoms with Crippen LogP contribution in [0.2, 0.25) is 0 Å². The van der Waals surface area contributed by atoms with E-state index in [1.807, 2.05) is 0 Å². The van der Waals surface area contributed by atoms with Gasteiger partial charge in [0.2, 0.25) is 0 Å². The van der Waals surface area contributed by atoms with E-state index in [1.54, 1.807) is 0 Å². The second-order valence-electron chi connectivity index (χ2n) is 6.12. The van der Waals surface area contributed by atoms with Gasteiger partial charge in [-0.05, 0) is 56.3 Å². The van der Waals surface area contributed by atoms with Crippen LogP contribution in [0.3, 0.4) is 0 Å².